The van der Waals surface area contributed by atoms with E-state index in [0.717, 1.165) is 21.3 Å². The molecular formula is C17H21IO4. The highest BCUT2D eigenvalue weighted by molar-refractivity contribution is 14.1. The monoisotopic (exact) mass is 416 g/mol. The molecule has 0 heterocycles. The first-order valence-electron chi connectivity index (χ1n) is 7.07. The number of carbonyl (C=O) groups excluding carboxylic acids is 1. The first-order chi connectivity index (χ1) is 10.7. The minimum absolute atomic E-state index is 0.319. The number of carbonyl (C=O) groups is 1. The largest absolute Gasteiger partial charge is 0.497 e. The maximum absolute atomic E-state index is 11.2. The van der Waals surface area contributed by atoms with Crippen LogP contribution in [0.2, 0.25) is 0 Å². The van der Waals surface area contributed by atoms with Crippen molar-refractivity contribution in [2.45, 2.75) is 20.0 Å². The Hall–Kier alpha value is -1.34. The van der Waals surface area contributed by atoms with Crippen molar-refractivity contribution < 1.29 is 19.0 Å². The van der Waals surface area contributed by atoms with Crippen LogP contribution in [0.4, 0.5) is 0 Å². The van der Waals surface area contributed by atoms with Crippen molar-refractivity contribution in [2.75, 3.05) is 20.3 Å². The first kappa shape index (κ1) is 18.7. The molecule has 0 aliphatic heterocycles. The molecule has 0 aliphatic rings. The standard InChI is InChI=1S/C17H21IO4/c1-3-22-17(19)11-8-15(18)5-4-12-21-13-14-6-9-16(20-2)10-7-14/h5-11H,3-4,12-13H2,1-2H3/b11-8+,15-5-. The minimum Gasteiger partial charge on any atom is -0.497 e. The number of hydrogen-bond acceptors (Lipinski definition) is 4. The molecule has 0 aromatic heterocycles. The summed E-state index contributed by atoms with van der Waals surface area (Å²) >= 11 is 2.17. The van der Waals surface area contributed by atoms with Gasteiger partial charge in [0.25, 0.3) is 0 Å². The second-order valence-corrected chi connectivity index (χ2v) is 5.61. The van der Waals surface area contributed by atoms with Gasteiger partial charge in [0.15, 0.2) is 0 Å². The molecule has 0 radical (unpaired) electrons. The third kappa shape index (κ3) is 8.19. The fourth-order valence-electron chi connectivity index (χ4n) is 1.60. The molecule has 0 unspecified atom stereocenters. The van der Waals surface area contributed by atoms with Crippen molar-refractivity contribution >= 4 is 28.6 Å². The summed E-state index contributed by atoms with van der Waals surface area (Å²) in [5.41, 5.74) is 1.11. The summed E-state index contributed by atoms with van der Waals surface area (Å²) in [5.74, 6) is 0.524. The molecule has 1 aromatic carbocycles. The summed E-state index contributed by atoms with van der Waals surface area (Å²) < 4.78 is 16.5. The summed E-state index contributed by atoms with van der Waals surface area (Å²) in [7, 11) is 1.65. The quantitative estimate of drug-likeness (QED) is 0.200. The highest BCUT2D eigenvalue weighted by Gasteiger charge is 1.96. The van der Waals surface area contributed by atoms with Gasteiger partial charge in [-0.25, -0.2) is 4.79 Å². The van der Waals surface area contributed by atoms with Gasteiger partial charge in [0.2, 0.25) is 0 Å². The Kier molecular flexibility index (Phi) is 9.57. The zero-order valence-electron chi connectivity index (χ0n) is 12.9. The molecule has 0 saturated carbocycles. The van der Waals surface area contributed by atoms with E-state index in [1.165, 1.54) is 6.08 Å². The van der Waals surface area contributed by atoms with E-state index in [1.54, 1.807) is 20.1 Å². The topological polar surface area (TPSA) is 44.8 Å². The lowest BCUT2D eigenvalue weighted by Gasteiger charge is -2.04. The van der Waals surface area contributed by atoms with Crippen LogP contribution in [0.15, 0.2) is 46.1 Å². The Labute approximate surface area is 145 Å². The summed E-state index contributed by atoms with van der Waals surface area (Å²) in [6.45, 7) is 3.38. The molecule has 0 aliphatic carbocycles. The number of ether oxygens (including phenoxy) is 3. The zero-order valence-corrected chi connectivity index (χ0v) is 15.0. The van der Waals surface area contributed by atoms with Crippen molar-refractivity contribution in [2.24, 2.45) is 0 Å². The van der Waals surface area contributed by atoms with Crippen LogP contribution in [0.25, 0.3) is 0 Å². The molecule has 4 nitrogen and oxygen atoms in total. The molecule has 0 spiro atoms. The predicted octanol–water partition coefficient (Wildman–Crippen LogP) is 4.04. The Bertz CT molecular complexity index is 506. The number of esters is 1. The van der Waals surface area contributed by atoms with Gasteiger partial charge in [0.05, 0.1) is 26.9 Å². The Morgan fingerprint density at radius 2 is 1.95 bits per heavy atom. The van der Waals surface area contributed by atoms with Crippen LogP contribution in [0.5, 0.6) is 5.75 Å². The lowest BCUT2D eigenvalue weighted by Crippen LogP contribution is -1.98. The Morgan fingerprint density at radius 3 is 2.59 bits per heavy atom. The number of halogens is 1. The normalized spacial score (nSPS) is 11.7. The van der Waals surface area contributed by atoms with Gasteiger partial charge >= 0.3 is 5.97 Å². The van der Waals surface area contributed by atoms with Crippen molar-refractivity contribution in [3.8, 4) is 5.75 Å². The summed E-state index contributed by atoms with van der Waals surface area (Å²) in [6, 6.07) is 7.81. The van der Waals surface area contributed by atoms with Gasteiger partial charge in [-0.05, 0) is 59.7 Å². The van der Waals surface area contributed by atoms with E-state index >= 15 is 0 Å². The van der Waals surface area contributed by atoms with E-state index in [1.807, 2.05) is 30.3 Å². The molecule has 5 heteroatoms. The molecule has 1 aromatic rings. The molecule has 0 N–H and O–H groups in total. The van der Waals surface area contributed by atoms with Gasteiger partial charge in [-0.3, -0.25) is 0 Å². The fraction of sp³-hybridized carbons (Fsp3) is 0.353. The Morgan fingerprint density at radius 1 is 1.23 bits per heavy atom. The van der Waals surface area contributed by atoms with E-state index in [9.17, 15) is 4.79 Å². The lowest BCUT2D eigenvalue weighted by atomic mass is 10.2. The van der Waals surface area contributed by atoms with E-state index < -0.39 is 0 Å². The van der Waals surface area contributed by atoms with Crippen LogP contribution in [-0.2, 0) is 20.9 Å². The van der Waals surface area contributed by atoms with E-state index in [-0.39, 0.29) is 5.97 Å². The average Bonchev–Trinajstić information content (AvgIpc) is 2.53. The molecule has 0 bridgehead atoms. The van der Waals surface area contributed by atoms with Gasteiger partial charge in [0.1, 0.15) is 5.75 Å². The third-order valence-corrected chi connectivity index (χ3v) is 3.49. The van der Waals surface area contributed by atoms with Crippen molar-refractivity contribution in [1.29, 1.82) is 0 Å². The minimum atomic E-state index is -0.319. The van der Waals surface area contributed by atoms with Gasteiger partial charge in [-0.15, -0.1) is 0 Å². The van der Waals surface area contributed by atoms with Crippen molar-refractivity contribution in [3.05, 3.63) is 51.6 Å². The smallest absolute Gasteiger partial charge is 0.330 e. The first-order valence-corrected chi connectivity index (χ1v) is 8.14. The molecule has 0 fully saturated rings. The van der Waals surface area contributed by atoms with Crippen LogP contribution >= 0.6 is 22.6 Å². The molecule has 0 amide bonds. The van der Waals surface area contributed by atoms with E-state index in [4.69, 9.17) is 14.2 Å². The zero-order chi connectivity index (χ0) is 16.2. The second-order valence-electron chi connectivity index (χ2n) is 4.36. The van der Waals surface area contributed by atoms with Gasteiger partial charge in [-0.2, -0.15) is 0 Å². The van der Waals surface area contributed by atoms with Crippen LogP contribution in [0.1, 0.15) is 18.9 Å². The maximum atomic E-state index is 11.2. The van der Waals surface area contributed by atoms with Crippen LogP contribution in [-0.4, -0.2) is 26.3 Å². The predicted molar refractivity (Wildman–Crippen MR) is 95.1 cm³/mol. The number of methoxy groups -OCH3 is 1. The highest BCUT2D eigenvalue weighted by atomic mass is 127. The molecule has 22 heavy (non-hydrogen) atoms. The van der Waals surface area contributed by atoms with Crippen LogP contribution in [0, 0.1) is 0 Å². The van der Waals surface area contributed by atoms with Crippen LogP contribution in [0.3, 0.4) is 0 Å². The molecule has 120 valence electrons. The van der Waals surface area contributed by atoms with Crippen molar-refractivity contribution in [3.63, 3.8) is 0 Å². The average molecular weight is 416 g/mol. The lowest BCUT2D eigenvalue weighted by molar-refractivity contribution is -0.137. The van der Waals surface area contributed by atoms with Gasteiger partial charge in [0, 0.05) is 9.66 Å². The fourth-order valence-corrected chi connectivity index (χ4v) is 2.09. The number of hydrogen-bond donors (Lipinski definition) is 0. The molecule has 1 rings (SSSR count). The van der Waals surface area contributed by atoms with Gasteiger partial charge in [-0.1, -0.05) is 18.2 Å². The van der Waals surface area contributed by atoms with E-state index in [2.05, 4.69) is 22.6 Å². The third-order valence-electron chi connectivity index (χ3n) is 2.69. The summed E-state index contributed by atoms with van der Waals surface area (Å²) in [6.07, 6.45) is 5.98. The molecule has 0 atom stereocenters. The van der Waals surface area contributed by atoms with E-state index in [0.29, 0.717) is 19.8 Å². The molecule has 0 saturated heterocycles. The molecular weight excluding hydrogens is 395 g/mol. The van der Waals surface area contributed by atoms with Crippen molar-refractivity contribution in [1.82, 2.24) is 0 Å². The summed E-state index contributed by atoms with van der Waals surface area (Å²) in [5, 5.41) is 0. The Balaban J connectivity index is 2.23. The van der Waals surface area contributed by atoms with Gasteiger partial charge < -0.3 is 14.2 Å². The number of benzene rings is 1. The second kappa shape index (κ2) is 11.3. The highest BCUT2D eigenvalue weighted by Crippen LogP contribution is 2.12. The maximum Gasteiger partial charge on any atom is 0.330 e. The number of rotatable bonds is 9. The van der Waals surface area contributed by atoms with Crippen LogP contribution < -0.4 is 4.74 Å². The SMILES string of the molecule is CCOC(=O)/C=C/C(I)=C/CCOCc1ccc(OC)cc1. The number of allylic oxidation sites excluding steroid dienone is 2. The summed E-state index contributed by atoms with van der Waals surface area (Å²) in [4.78, 5) is 11.2.